The third kappa shape index (κ3) is 4.64. The topological polar surface area (TPSA) is 92.1 Å². The van der Waals surface area contributed by atoms with Crippen LogP contribution in [-0.2, 0) is 20.9 Å². The number of hydrogen-bond acceptors (Lipinski definition) is 5. The first-order chi connectivity index (χ1) is 15.8. The highest BCUT2D eigenvalue weighted by Crippen LogP contribution is 2.38. The SMILES string of the molecule is CC(C)C(=O)N1CCC2(CC1)OCC(C(=O)NCc1ccco1)N2C(=O)c1ccc(F)cc1. The molecule has 1 unspecified atom stereocenters. The summed E-state index contributed by atoms with van der Waals surface area (Å²) in [5.74, 6) is -0.706. The highest BCUT2D eigenvalue weighted by Gasteiger charge is 2.54. The van der Waals surface area contributed by atoms with Crippen molar-refractivity contribution < 1.29 is 27.9 Å². The van der Waals surface area contributed by atoms with Gasteiger partial charge >= 0.3 is 0 Å². The monoisotopic (exact) mass is 457 g/mol. The van der Waals surface area contributed by atoms with E-state index in [0.717, 1.165) is 0 Å². The average molecular weight is 458 g/mol. The molecule has 1 aromatic carbocycles. The molecule has 0 radical (unpaired) electrons. The summed E-state index contributed by atoms with van der Waals surface area (Å²) in [7, 11) is 0. The summed E-state index contributed by atoms with van der Waals surface area (Å²) in [6.07, 6.45) is 2.30. The Labute approximate surface area is 191 Å². The Morgan fingerprint density at radius 1 is 1.15 bits per heavy atom. The number of rotatable bonds is 5. The lowest BCUT2D eigenvalue weighted by molar-refractivity contribution is -0.146. The third-order valence-corrected chi connectivity index (χ3v) is 6.24. The molecule has 2 fully saturated rings. The van der Waals surface area contributed by atoms with Crippen LogP contribution in [0.3, 0.4) is 0 Å². The van der Waals surface area contributed by atoms with Crippen LogP contribution in [0.4, 0.5) is 4.39 Å². The van der Waals surface area contributed by atoms with Gasteiger partial charge in [0.2, 0.25) is 11.8 Å². The number of likely N-dealkylation sites (tertiary alicyclic amines) is 1. The van der Waals surface area contributed by atoms with Crippen molar-refractivity contribution in [3.8, 4) is 0 Å². The standard InChI is InChI=1S/C24H28FN3O5/c1-16(2)22(30)27-11-9-24(10-12-27)28(23(31)17-5-7-18(25)8-6-17)20(15-33-24)21(29)26-14-19-4-3-13-32-19/h3-8,13,16,20H,9-12,14-15H2,1-2H3,(H,26,29). The molecule has 9 heteroatoms. The molecule has 3 heterocycles. The molecule has 0 bridgehead atoms. The number of halogens is 1. The van der Waals surface area contributed by atoms with Gasteiger partial charge in [0.25, 0.3) is 5.91 Å². The van der Waals surface area contributed by atoms with Crippen molar-refractivity contribution in [2.24, 2.45) is 5.92 Å². The van der Waals surface area contributed by atoms with Gasteiger partial charge in [-0.25, -0.2) is 4.39 Å². The van der Waals surface area contributed by atoms with E-state index in [1.54, 1.807) is 17.0 Å². The number of nitrogens with zero attached hydrogens (tertiary/aromatic N) is 2. The van der Waals surface area contributed by atoms with Crippen LogP contribution >= 0.6 is 0 Å². The minimum Gasteiger partial charge on any atom is -0.467 e. The van der Waals surface area contributed by atoms with Crippen molar-refractivity contribution in [2.75, 3.05) is 19.7 Å². The van der Waals surface area contributed by atoms with E-state index in [2.05, 4.69) is 5.32 Å². The quantitative estimate of drug-likeness (QED) is 0.745. The van der Waals surface area contributed by atoms with Gasteiger partial charge in [-0.3, -0.25) is 19.3 Å². The van der Waals surface area contributed by atoms with Crippen LogP contribution in [0.5, 0.6) is 0 Å². The van der Waals surface area contributed by atoms with Gasteiger partial charge in [0, 0.05) is 37.4 Å². The van der Waals surface area contributed by atoms with Crippen molar-refractivity contribution >= 4 is 17.7 Å². The van der Waals surface area contributed by atoms with Crippen LogP contribution in [0, 0.1) is 11.7 Å². The van der Waals surface area contributed by atoms with Gasteiger partial charge in [0.1, 0.15) is 23.3 Å². The Morgan fingerprint density at radius 3 is 2.45 bits per heavy atom. The van der Waals surface area contributed by atoms with Crippen LogP contribution in [0.15, 0.2) is 47.1 Å². The van der Waals surface area contributed by atoms with Crippen molar-refractivity contribution in [3.63, 3.8) is 0 Å². The number of piperidine rings is 1. The number of ether oxygens (including phenoxy) is 1. The zero-order valence-electron chi connectivity index (χ0n) is 18.8. The van der Waals surface area contributed by atoms with Crippen LogP contribution in [-0.4, -0.2) is 59.0 Å². The molecular weight excluding hydrogens is 429 g/mol. The first-order valence-corrected chi connectivity index (χ1v) is 11.1. The van der Waals surface area contributed by atoms with Gasteiger partial charge in [-0.1, -0.05) is 13.8 Å². The molecule has 2 saturated heterocycles. The first-order valence-electron chi connectivity index (χ1n) is 11.1. The van der Waals surface area contributed by atoms with E-state index in [4.69, 9.17) is 9.15 Å². The molecule has 2 aliphatic rings. The van der Waals surface area contributed by atoms with Gasteiger partial charge < -0.3 is 19.4 Å². The van der Waals surface area contributed by atoms with Gasteiger partial charge in [0.05, 0.1) is 19.4 Å². The van der Waals surface area contributed by atoms with Gasteiger partial charge in [0.15, 0.2) is 0 Å². The fourth-order valence-corrected chi connectivity index (χ4v) is 4.45. The van der Waals surface area contributed by atoms with E-state index in [1.165, 1.54) is 35.4 Å². The summed E-state index contributed by atoms with van der Waals surface area (Å²) in [6.45, 7) is 4.76. The second-order valence-corrected chi connectivity index (χ2v) is 8.73. The Balaban J connectivity index is 1.57. The normalized spacial score (nSPS) is 19.8. The number of carbonyl (C=O) groups is 3. The van der Waals surface area contributed by atoms with E-state index >= 15 is 0 Å². The molecule has 0 saturated carbocycles. The smallest absolute Gasteiger partial charge is 0.256 e. The van der Waals surface area contributed by atoms with Gasteiger partial charge in [-0.05, 0) is 36.4 Å². The lowest BCUT2D eigenvalue weighted by Gasteiger charge is -2.44. The van der Waals surface area contributed by atoms with Gasteiger partial charge in [-0.2, -0.15) is 0 Å². The molecule has 1 spiro atoms. The molecule has 0 aliphatic carbocycles. The van der Waals surface area contributed by atoms with Crippen molar-refractivity contribution in [3.05, 3.63) is 59.8 Å². The fraction of sp³-hybridized carbons (Fsp3) is 0.458. The molecule has 4 rings (SSSR count). The second-order valence-electron chi connectivity index (χ2n) is 8.73. The Kier molecular flexibility index (Phi) is 6.51. The maximum absolute atomic E-state index is 13.5. The maximum Gasteiger partial charge on any atom is 0.256 e. The number of nitrogens with one attached hydrogen (secondary N) is 1. The lowest BCUT2D eigenvalue weighted by Crippen LogP contribution is -2.60. The first kappa shape index (κ1) is 23.0. The largest absolute Gasteiger partial charge is 0.467 e. The van der Waals surface area contributed by atoms with E-state index in [1.807, 2.05) is 13.8 Å². The van der Waals surface area contributed by atoms with E-state index in [-0.39, 0.29) is 36.4 Å². The molecule has 3 amide bonds. The zero-order valence-corrected chi connectivity index (χ0v) is 18.8. The minimum atomic E-state index is -1.01. The zero-order chi connectivity index (χ0) is 23.6. The number of hydrogen-bond donors (Lipinski definition) is 1. The summed E-state index contributed by atoms with van der Waals surface area (Å²) in [5, 5.41) is 2.81. The van der Waals surface area contributed by atoms with Gasteiger partial charge in [-0.15, -0.1) is 0 Å². The Morgan fingerprint density at radius 2 is 1.85 bits per heavy atom. The molecule has 33 heavy (non-hydrogen) atoms. The number of carbonyl (C=O) groups excluding carboxylic acids is 3. The second kappa shape index (κ2) is 9.35. The molecular formula is C24H28FN3O5. The van der Waals surface area contributed by atoms with Crippen LogP contribution in [0.25, 0.3) is 0 Å². The lowest BCUT2D eigenvalue weighted by atomic mass is 9.95. The average Bonchev–Trinajstić information content (AvgIpc) is 3.46. The van der Waals surface area contributed by atoms with Crippen LogP contribution < -0.4 is 5.32 Å². The van der Waals surface area contributed by atoms with Crippen LogP contribution in [0.2, 0.25) is 0 Å². The fourth-order valence-electron chi connectivity index (χ4n) is 4.45. The highest BCUT2D eigenvalue weighted by atomic mass is 19.1. The molecule has 1 N–H and O–H groups in total. The third-order valence-electron chi connectivity index (χ3n) is 6.24. The minimum absolute atomic E-state index is 0.0368. The maximum atomic E-state index is 13.5. The van der Waals surface area contributed by atoms with E-state index < -0.39 is 23.5 Å². The van der Waals surface area contributed by atoms with Crippen LogP contribution in [0.1, 0.15) is 42.8 Å². The summed E-state index contributed by atoms with van der Waals surface area (Å²) in [4.78, 5) is 42.3. The molecule has 2 aromatic rings. The van der Waals surface area contributed by atoms with Crippen molar-refractivity contribution in [1.82, 2.24) is 15.1 Å². The van der Waals surface area contributed by atoms with E-state index in [9.17, 15) is 18.8 Å². The summed E-state index contributed by atoms with van der Waals surface area (Å²) in [6, 6.07) is 7.85. The number of amides is 3. The predicted molar refractivity (Wildman–Crippen MR) is 116 cm³/mol. The summed E-state index contributed by atoms with van der Waals surface area (Å²) in [5.41, 5.74) is -0.739. The summed E-state index contributed by atoms with van der Waals surface area (Å²) >= 11 is 0. The molecule has 8 nitrogen and oxygen atoms in total. The molecule has 176 valence electrons. The number of furan rings is 1. The number of benzene rings is 1. The highest BCUT2D eigenvalue weighted by molar-refractivity contribution is 5.98. The molecule has 1 atom stereocenters. The molecule has 2 aliphatic heterocycles. The Hall–Kier alpha value is -3.20. The van der Waals surface area contributed by atoms with Crippen molar-refractivity contribution in [2.45, 2.75) is 45.0 Å². The Bertz CT molecular complexity index is 998. The summed E-state index contributed by atoms with van der Waals surface area (Å²) < 4.78 is 24.8. The molecule has 1 aromatic heterocycles. The van der Waals surface area contributed by atoms with Crippen molar-refractivity contribution in [1.29, 1.82) is 0 Å². The predicted octanol–water partition coefficient (Wildman–Crippen LogP) is 2.55. The van der Waals surface area contributed by atoms with E-state index in [0.29, 0.717) is 31.7 Å².